The molecule has 0 bridgehead atoms. The summed E-state index contributed by atoms with van der Waals surface area (Å²) < 4.78 is 0. The molecule has 1 aliphatic carbocycles. The molecule has 1 heterocycles. The molecule has 10 heavy (non-hydrogen) atoms. The van der Waals surface area contributed by atoms with E-state index in [1.165, 1.54) is 38.6 Å². The first-order chi connectivity index (χ1) is 4.88. The van der Waals surface area contributed by atoms with Gasteiger partial charge in [0.25, 0.3) is 0 Å². The van der Waals surface area contributed by atoms with Crippen molar-refractivity contribution in [3.63, 3.8) is 0 Å². The Morgan fingerprint density at radius 2 is 1.90 bits per heavy atom. The molecule has 1 saturated heterocycles. The van der Waals surface area contributed by atoms with Crippen molar-refractivity contribution < 1.29 is 0 Å². The zero-order chi connectivity index (χ0) is 6.97. The van der Waals surface area contributed by atoms with Gasteiger partial charge in [0.2, 0.25) is 0 Å². The van der Waals surface area contributed by atoms with Crippen molar-refractivity contribution in [3.05, 3.63) is 0 Å². The molecule has 1 unspecified atom stereocenters. The molecule has 2 atom stereocenters. The van der Waals surface area contributed by atoms with Crippen molar-refractivity contribution in [2.75, 3.05) is 13.6 Å². The fourth-order valence-electron chi connectivity index (χ4n) is 2.64. The second kappa shape index (κ2) is 2.54. The van der Waals surface area contributed by atoms with E-state index in [0.29, 0.717) is 0 Å². The summed E-state index contributed by atoms with van der Waals surface area (Å²) in [5.41, 5.74) is 0. The fraction of sp³-hybridized carbons (Fsp3) is 1.00. The molecule has 2 aliphatic rings. The van der Waals surface area contributed by atoms with E-state index in [4.69, 9.17) is 0 Å². The lowest BCUT2D eigenvalue weighted by atomic mass is 9.85. The van der Waals surface area contributed by atoms with Crippen molar-refractivity contribution in [1.29, 1.82) is 0 Å². The highest BCUT2D eigenvalue weighted by Gasteiger charge is 2.32. The molecule has 0 amide bonds. The summed E-state index contributed by atoms with van der Waals surface area (Å²) in [6.45, 7) is 1.36. The van der Waals surface area contributed by atoms with Crippen LogP contribution >= 0.6 is 0 Å². The van der Waals surface area contributed by atoms with Crippen molar-refractivity contribution in [1.82, 2.24) is 4.90 Å². The predicted molar refractivity (Wildman–Crippen MR) is 43.0 cm³/mol. The van der Waals surface area contributed by atoms with E-state index in [1.54, 1.807) is 0 Å². The van der Waals surface area contributed by atoms with Crippen LogP contribution in [-0.2, 0) is 0 Å². The van der Waals surface area contributed by atoms with Crippen molar-refractivity contribution >= 4 is 0 Å². The molecular formula is C9H17N. The van der Waals surface area contributed by atoms with Crippen LogP contribution in [0.3, 0.4) is 0 Å². The van der Waals surface area contributed by atoms with Crippen LogP contribution in [0.15, 0.2) is 0 Å². The highest BCUT2D eigenvalue weighted by atomic mass is 15.2. The van der Waals surface area contributed by atoms with Crippen LogP contribution in [-0.4, -0.2) is 24.5 Å². The van der Waals surface area contributed by atoms with Gasteiger partial charge in [0, 0.05) is 6.04 Å². The van der Waals surface area contributed by atoms with Gasteiger partial charge in [-0.15, -0.1) is 0 Å². The summed E-state index contributed by atoms with van der Waals surface area (Å²) in [7, 11) is 2.29. The number of rotatable bonds is 0. The average Bonchev–Trinajstić information content (AvgIpc) is 2.34. The second-order valence-corrected chi connectivity index (χ2v) is 3.88. The van der Waals surface area contributed by atoms with Crippen LogP contribution in [0.1, 0.15) is 32.1 Å². The Hall–Kier alpha value is -0.0400. The van der Waals surface area contributed by atoms with Crippen LogP contribution in [0, 0.1) is 5.92 Å². The third-order valence-corrected chi connectivity index (χ3v) is 3.29. The van der Waals surface area contributed by atoms with Gasteiger partial charge in [-0.3, -0.25) is 0 Å². The number of hydrogen-bond donors (Lipinski definition) is 0. The molecule has 1 nitrogen and oxygen atoms in total. The lowest BCUT2D eigenvalue weighted by Crippen LogP contribution is -2.31. The SMILES string of the molecule is CN1CCC2CCCC[C@@H]21. The summed E-state index contributed by atoms with van der Waals surface area (Å²) in [5, 5.41) is 0. The highest BCUT2D eigenvalue weighted by Crippen LogP contribution is 2.34. The number of fused-ring (bicyclic) bond motifs is 1. The first kappa shape index (κ1) is 6.66. The molecule has 0 aromatic heterocycles. The molecule has 0 N–H and O–H groups in total. The van der Waals surface area contributed by atoms with E-state index in [9.17, 15) is 0 Å². The fourth-order valence-corrected chi connectivity index (χ4v) is 2.64. The maximum absolute atomic E-state index is 2.56. The number of nitrogens with zero attached hydrogens (tertiary/aromatic N) is 1. The smallest absolute Gasteiger partial charge is 0.0121 e. The Labute approximate surface area is 63.4 Å². The van der Waals surface area contributed by atoms with Crippen LogP contribution in [0.5, 0.6) is 0 Å². The summed E-state index contributed by atoms with van der Waals surface area (Å²) in [6, 6.07) is 0.966. The van der Waals surface area contributed by atoms with Crippen LogP contribution < -0.4 is 0 Å². The number of likely N-dealkylation sites (tertiary alicyclic amines) is 1. The predicted octanol–water partition coefficient (Wildman–Crippen LogP) is 1.88. The molecule has 2 fully saturated rings. The first-order valence-electron chi connectivity index (χ1n) is 4.58. The minimum Gasteiger partial charge on any atom is -0.303 e. The largest absolute Gasteiger partial charge is 0.303 e. The molecule has 1 saturated carbocycles. The van der Waals surface area contributed by atoms with Gasteiger partial charge in [-0.1, -0.05) is 12.8 Å². The van der Waals surface area contributed by atoms with Crippen LogP contribution in [0.2, 0.25) is 0 Å². The van der Waals surface area contributed by atoms with Crippen LogP contribution in [0.4, 0.5) is 0 Å². The Morgan fingerprint density at radius 3 is 2.70 bits per heavy atom. The topological polar surface area (TPSA) is 3.24 Å². The molecule has 2 rings (SSSR count). The second-order valence-electron chi connectivity index (χ2n) is 3.88. The molecule has 1 heteroatoms. The number of hydrogen-bond acceptors (Lipinski definition) is 1. The molecule has 0 spiro atoms. The summed E-state index contributed by atoms with van der Waals surface area (Å²) in [5.74, 6) is 1.07. The summed E-state index contributed by atoms with van der Waals surface area (Å²) in [4.78, 5) is 2.56. The zero-order valence-electron chi connectivity index (χ0n) is 6.84. The van der Waals surface area contributed by atoms with Gasteiger partial charge in [0.1, 0.15) is 0 Å². The molecular weight excluding hydrogens is 122 g/mol. The molecule has 0 aromatic carbocycles. The standard InChI is InChI=1S/C9H17N/c1-10-7-6-8-4-2-3-5-9(8)10/h8-9H,2-7H2,1H3/t8?,9-/m0/s1. The average molecular weight is 139 g/mol. The van der Waals surface area contributed by atoms with E-state index in [1.807, 2.05) is 0 Å². The maximum Gasteiger partial charge on any atom is 0.0121 e. The summed E-state index contributed by atoms with van der Waals surface area (Å²) >= 11 is 0. The maximum atomic E-state index is 2.56. The normalized spacial score (nSPS) is 41.7. The van der Waals surface area contributed by atoms with E-state index in [0.717, 1.165) is 12.0 Å². The lowest BCUT2D eigenvalue weighted by molar-refractivity contribution is 0.215. The van der Waals surface area contributed by atoms with Gasteiger partial charge >= 0.3 is 0 Å². The van der Waals surface area contributed by atoms with Gasteiger partial charge in [-0.25, -0.2) is 0 Å². The Bertz CT molecular complexity index is 120. The third kappa shape index (κ3) is 0.968. The Morgan fingerprint density at radius 1 is 1.10 bits per heavy atom. The monoisotopic (exact) mass is 139 g/mol. The minimum absolute atomic E-state index is 0.966. The van der Waals surface area contributed by atoms with Gasteiger partial charge in [-0.05, 0) is 38.8 Å². The van der Waals surface area contributed by atoms with Crippen molar-refractivity contribution in [2.45, 2.75) is 38.1 Å². The molecule has 1 aliphatic heterocycles. The minimum atomic E-state index is 0.966. The van der Waals surface area contributed by atoms with Crippen molar-refractivity contribution in [2.24, 2.45) is 5.92 Å². The van der Waals surface area contributed by atoms with Gasteiger partial charge in [-0.2, -0.15) is 0 Å². The molecule has 0 radical (unpaired) electrons. The van der Waals surface area contributed by atoms with E-state index < -0.39 is 0 Å². The zero-order valence-corrected chi connectivity index (χ0v) is 6.84. The third-order valence-electron chi connectivity index (χ3n) is 3.29. The van der Waals surface area contributed by atoms with E-state index in [-0.39, 0.29) is 0 Å². The Kier molecular flexibility index (Phi) is 1.69. The van der Waals surface area contributed by atoms with Gasteiger partial charge in [0.15, 0.2) is 0 Å². The lowest BCUT2D eigenvalue weighted by Gasteiger charge is -2.28. The quantitative estimate of drug-likeness (QED) is 0.495. The van der Waals surface area contributed by atoms with Gasteiger partial charge < -0.3 is 4.90 Å². The first-order valence-corrected chi connectivity index (χ1v) is 4.58. The Balaban J connectivity index is 2.01. The summed E-state index contributed by atoms with van der Waals surface area (Å²) in [6.07, 6.45) is 7.43. The van der Waals surface area contributed by atoms with E-state index >= 15 is 0 Å². The van der Waals surface area contributed by atoms with Crippen LogP contribution in [0.25, 0.3) is 0 Å². The molecule has 0 aromatic rings. The molecule has 58 valence electrons. The van der Waals surface area contributed by atoms with Crippen molar-refractivity contribution in [3.8, 4) is 0 Å². The highest BCUT2D eigenvalue weighted by molar-refractivity contribution is 4.87. The van der Waals surface area contributed by atoms with Gasteiger partial charge in [0.05, 0.1) is 0 Å². The van der Waals surface area contributed by atoms with E-state index in [2.05, 4.69) is 11.9 Å².